The van der Waals surface area contributed by atoms with E-state index in [4.69, 9.17) is 4.74 Å². The first-order valence-electron chi connectivity index (χ1n) is 9.51. The topological polar surface area (TPSA) is 65.9 Å². The molecular weight excluding hydrogens is 402 g/mol. The summed E-state index contributed by atoms with van der Waals surface area (Å²) in [6.45, 7) is 5.42. The summed E-state index contributed by atoms with van der Waals surface area (Å²) in [5.74, 6) is -5.15. The van der Waals surface area contributed by atoms with Gasteiger partial charge in [0.2, 0.25) is 0 Å². The Bertz CT molecular complexity index is 847. The predicted octanol–water partition coefficient (Wildman–Crippen LogP) is 3.82. The second-order valence-electron chi connectivity index (χ2n) is 6.77. The van der Waals surface area contributed by atoms with Gasteiger partial charge in [0, 0.05) is 19.2 Å². The van der Waals surface area contributed by atoms with E-state index in [0.29, 0.717) is 17.9 Å². The van der Waals surface area contributed by atoms with Crippen molar-refractivity contribution < 1.29 is 27.4 Å². The molecule has 1 atom stereocenters. The van der Waals surface area contributed by atoms with Gasteiger partial charge in [0.05, 0.1) is 24.3 Å². The number of halogens is 4. The molecule has 0 spiro atoms. The second kappa shape index (κ2) is 10.8. The van der Waals surface area contributed by atoms with Crippen molar-refractivity contribution in [3.8, 4) is 5.75 Å². The Balaban J connectivity index is 2.05. The van der Waals surface area contributed by atoms with Crippen LogP contribution in [-0.2, 0) is 6.54 Å². The van der Waals surface area contributed by atoms with E-state index in [9.17, 15) is 22.7 Å². The fourth-order valence-corrected chi connectivity index (χ4v) is 2.61. The Hall–Kier alpha value is -2.81. The highest BCUT2D eigenvalue weighted by atomic mass is 19.2. The number of rotatable bonds is 8. The van der Waals surface area contributed by atoms with Crippen LogP contribution in [0.1, 0.15) is 38.0 Å². The van der Waals surface area contributed by atoms with Gasteiger partial charge in [0.25, 0.3) is 0 Å². The quantitative estimate of drug-likeness (QED) is 0.259. The molecule has 9 heteroatoms. The van der Waals surface area contributed by atoms with Crippen molar-refractivity contribution in [2.24, 2.45) is 4.99 Å². The molecule has 0 aliphatic carbocycles. The summed E-state index contributed by atoms with van der Waals surface area (Å²) in [5, 5.41) is 16.0. The van der Waals surface area contributed by atoms with E-state index < -0.39 is 41.5 Å². The van der Waals surface area contributed by atoms with Gasteiger partial charge in [-0.1, -0.05) is 12.1 Å². The summed E-state index contributed by atoms with van der Waals surface area (Å²) < 4.78 is 59.8. The molecule has 0 fully saturated rings. The third-order valence-electron chi connectivity index (χ3n) is 4.04. The molecule has 0 aliphatic heterocycles. The monoisotopic (exact) mass is 427 g/mol. The number of aliphatic hydroxyl groups is 1. The normalized spacial score (nSPS) is 12.8. The summed E-state index contributed by atoms with van der Waals surface area (Å²) in [4.78, 5) is 3.95. The zero-order valence-corrected chi connectivity index (χ0v) is 17.0. The van der Waals surface area contributed by atoms with Gasteiger partial charge in [-0.2, -0.15) is 0 Å². The number of hydrogen-bond acceptors (Lipinski definition) is 3. The van der Waals surface area contributed by atoms with Crippen LogP contribution in [0.2, 0.25) is 0 Å². The van der Waals surface area contributed by atoms with Crippen molar-refractivity contribution in [3.63, 3.8) is 0 Å². The molecule has 2 aromatic carbocycles. The standard InChI is InChI=1S/C21H25F4N3O2/c1-4-26-21(27-10-15-19(24)16(22)9-17(23)20(15)25)28-11-18(29)13-5-7-14(8-6-13)30-12(2)3/h5-9,12,18,29H,4,10-11H2,1-3H3,(H2,26,27,28). The third kappa shape index (κ3) is 6.35. The Kier molecular flexibility index (Phi) is 8.46. The lowest BCUT2D eigenvalue weighted by Crippen LogP contribution is -2.39. The fourth-order valence-electron chi connectivity index (χ4n) is 2.61. The van der Waals surface area contributed by atoms with E-state index in [1.807, 2.05) is 13.8 Å². The van der Waals surface area contributed by atoms with Crippen LogP contribution in [0, 0.1) is 23.3 Å². The maximum atomic E-state index is 13.8. The van der Waals surface area contributed by atoms with Crippen molar-refractivity contribution >= 4 is 5.96 Å². The molecule has 5 nitrogen and oxygen atoms in total. The van der Waals surface area contributed by atoms with Gasteiger partial charge in [-0.25, -0.2) is 22.6 Å². The first-order chi connectivity index (χ1) is 14.2. The van der Waals surface area contributed by atoms with Gasteiger partial charge >= 0.3 is 0 Å². The molecule has 0 saturated heterocycles. The van der Waals surface area contributed by atoms with Gasteiger partial charge in [0.15, 0.2) is 29.2 Å². The maximum absolute atomic E-state index is 13.8. The molecule has 1 unspecified atom stereocenters. The smallest absolute Gasteiger partial charge is 0.191 e. The zero-order chi connectivity index (χ0) is 22.3. The highest BCUT2D eigenvalue weighted by molar-refractivity contribution is 5.79. The predicted molar refractivity (Wildman–Crippen MR) is 106 cm³/mol. The molecule has 3 N–H and O–H groups in total. The fraction of sp³-hybridized carbons (Fsp3) is 0.381. The molecule has 2 aromatic rings. The summed E-state index contributed by atoms with van der Waals surface area (Å²) in [6, 6.07) is 7.06. The lowest BCUT2D eigenvalue weighted by atomic mass is 10.1. The van der Waals surface area contributed by atoms with Crippen LogP contribution in [0.25, 0.3) is 0 Å². The number of benzene rings is 2. The van der Waals surface area contributed by atoms with Gasteiger partial charge in [-0.05, 0) is 38.5 Å². The molecule has 0 radical (unpaired) electrons. The molecule has 30 heavy (non-hydrogen) atoms. The summed E-state index contributed by atoms with van der Waals surface area (Å²) >= 11 is 0. The van der Waals surface area contributed by atoms with Crippen molar-refractivity contribution in [2.75, 3.05) is 13.1 Å². The number of guanidine groups is 1. The lowest BCUT2D eigenvalue weighted by molar-refractivity contribution is 0.180. The summed E-state index contributed by atoms with van der Waals surface area (Å²) in [6.07, 6.45) is -0.871. The number of ether oxygens (including phenoxy) is 1. The molecule has 0 heterocycles. The van der Waals surface area contributed by atoms with E-state index >= 15 is 0 Å². The number of hydrogen-bond donors (Lipinski definition) is 3. The Labute approximate surface area is 172 Å². The Morgan fingerprint density at radius 1 is 1.03 bits per heavy atom. The molecule has 0 aromatic heterocycles. The van der Waals surface area contributed by atoms with E-state index in [1.54, 1.807) is 31.2 Å². The number of aliphatic hydroxyl groups excluding tert-OH is 1. The van der Waals surface area contributed by atoms with Gasteiger partial charge in [-0.3, -0.25) is 0 Å². The summed E-state index contributed by atoms with van der Waals surface area (Å²) in [7, 11) is 0. The lowest BCUT2D eigenvalue weighted by Gasteiger charge is -2.16. The van der Waals surface area contributed by atoms with Crippen LogP contribution in [0.15, 0.2) is 35.3 Å². The zero-order valence-electron chi connectivity index (χ0n) is 17.0. The largest absolute Gasteiger partial charge is 0.491 e. The number of nitrogens with one attached hydrogen (secondary N) is 2. The first kappa shape index (κ1) is 23.5. The third-order valence-corrected chi connectivity index (χ3v) is 4.04. The van der Waals surface area contributed by atoms with Gasteiger partial charge in [-0.15, -0.1) is 0 Å². The molecule has 164 valence electrons. The molecule has 0 bridgehead atoms. The van der Waals surface area contributed by atoms with Crippen molar-refractivity contribution in [2.45, 2.75) is 39.5 Å². The van der Waals surface area contributed by atoms with E-state index in [0.717, 1.165) is 0 Å². The maximum Gasteiger partial charge on any atom is 0.191 e. The molecule has 0 aliphatic rings. The van der Waals surface area contributed by atoms with Crippen LogP contribution in [-0.4, -0.2) is 30.3 Å². The van der Waals surface area contributed by atoms with E-state index in [-0.39, 0.29) is 24.7 Å². The van der Waals surface area contributed by atoms with Gasteiger partial charge < -0.3 is 20.5 Å². The minimum atomic E-state index is -1.49. The van der Waals surface area contributed by atoms with E-state index in [1.165, 1.54) is 0 Å². The van der Waals surface area contributed by atoms with Crippen molar-refractivity contribution in [1.29, 1.82) is 0 Å². The molecular formula is C21H25F4N3O2. The highest BCUT2D eigenvalue weighted by Gasteiger charge is 2.19. The first-order valence-corrected chi connectivity index (χ1v) is 9.51. The van der Waals surface area contributed by atoms with Crippen LogP contribution < -0.4 is 15.4 Å². The van der Waals surface area contributed by atoms with Crippen LogP contribution in [0.5, 0.6) is 5.75 Å². The van der Waals surface area contributed by atoms with Crippen LogP contribution in [0.4, 0.5) is 17.6 Å². The molecule has 0 amide bonds. The van der Waals surface area contributed by atoms with Crippen LogP contribution >= 0.6 is 0 Å². The van der Waals surface area contributed by atoms with Crippen molar-refractivity contribution in [1.82, 2.24) is 10.6 Å². The minimum absolute atomic E-state index is 0.0302. The second-order valence-corrected chi connectivity index (χ2v) is 6.77. The number of nitrogens with zero attached hydrogens (tertiary/aromatic N) is 1. The average molecular weight is 427 g/mol. The highest BCUT2D eigenvalue weighted by Crippen LogP contribution is 2.20. The molecule has 0 saturated carbocycles. The molecule has 2 rings (SSSR count). The Morgan fingerprint density at radius 3 is 2.17 bits per heavy atom. The SMILES string of the molecule is CCNC(=NCc1c(F)c(F)cc(F)c1F)NCC(O)c1ccc(OC(C)C)cc1. The van der Waals surface area contributed by atoms with Crippen molar-refractivity contribution in [3.05, 3.63) is 64.7 Å². The number of aliphatic imine (C=N–C) groups is 1. The minimum Gasteiger partial charge on any atom is -0.491 e. The average Bonchev–Trinajstić information content (AvgIpc) is 2.70. The van der Waals surface area contributed by atoms with Crippen LogP contribution in [0.3, 0.4) is 0 Å². The Morgan fingerprint density at radius 2 is 1.63 bits per heavy atom. The van der Waals surface area contributed by atoms with Gasteiger partial charge in [0.1, 0.15) is 5.75 Å². The van der Waals surface area contributed by atoms with E-state index in [2.05, 4.69) is 15.6 Å². The summed E-state index contributed by atoms with van der Waals surface area (Å²) in [5.41, 5.74) is -0.190.